The Kier molecular flexibility index (Phi) is 4.90. The van der Waals surface area contributed by atoms with Crippen LogP contribution in [0.25, 0.3) is 16.7 Å². The Morgan fingerprint density at radius 1 is 1.30 bits per heavy atom. The summed E-state index contributed by atoms with van der Waals surface area (Å²) < 4.78 is 3.37. The van der Waals surface area contributed by atoms with Gasteiger partial charge < -0.3 is 5.32 Å². The molecule has 0 saturated heterocycles. The van der Waals surface area contributed by atoms with Crippen molar-refractivity contribution in [1.82, 2.24) is 24.6 Å². The second-order valence-corrected chi connectivity index (χ2v) is 9.48. The van der Waals surface area contributed by atoms with Crippen LogP contribution in [0, 0.1) is 13.8 Å². The molecule has 2 aliphatic heterocycles. The lowest BCUT2D eigenvalue weighted by Crippen LogP contribution is -2.32. The number of carbonyl (C=O) groups excluding carboxylic acids is 1. The van der Waals surface area contributed by atoms with Crippen molar-refractivity contribution >= 4 is 45.6 Å². The first-order valence-corrected chi connectivity index (χ1v) is 11.7. The fourth-order valence-corrected chi connectivity index (χ4v) is 5.67. The maximum atomic E-state index is 13.2. The number of amidine groups is 1. The number of hydrogen-bond donors (Lipinski definition) is 1. The molecule has 3 aromatic rings. The third-order valence-corrected chi connectivity index (χ3v) is 7.19. The lowest BCUT2D eigenvalue weighted by molar-refractivity contribution is -0.120. The first-order chi connectivity index (χ1) is 14.5. The summed E-state index contributed by atoms with van der Waals surface area (Å²) >= 11 is 3.04. The van der Waals surface area contributed by atoms with Crippen LogP contribution in [-0.2, 0) is 4.79 Å². The topological polar surface area (TPSA) is 94.2 Å². The molecular weight excluding hydrogens is 420 g/mol. The van der Waals surface area contributed by atoms with Crippen molar-refractivity contribution in [1.29, 1.82) is 0 Å². The van der Waals surface area contributed by atoms with Crippen LogP contribution in [0.3, 0.4) is 0 Å². The number of fused-ring (bicyclic) bond motifs is 2. The Morgan fingerprint density at radius 3 is 2.93 bits per heavy atom. The molecule has 1 unspecified atom stereocenters. The Labute approximate surface area is 181 Å². The molecule has 30 heavy (non-hydrogen) atoms. The van der Waals surface area contributed by atoms with Crippen molar-refractivity contribution in [2.24, 2.45) is 4.99 Å². The Hall–Kier alpha value is -2.59. The van der Waals surface area contributed by atoms with E-state index in [1.54, 1.807) is 27.2 Å². The van der Waals surface area contributed by atoms with Gasteiger partial charge in [0, 0.05) is 17.9 Å². The van der Waals surface area contributed by atoms with E-state index >= 15 is 0 Å². The summed E-state index contributed by atoms with van der Waals surface area (Å²) in [7, 11) is 0. The van der Waals surface area contributed by atoms with Gasteiger partial charge in [-0.15, -0.1) is 0 Å². The average molecular weight is 441 g/mol. The Balaban J connectivity index is 1.49. The summed E-state index contributed by atoms with van der Waals surface area (Å²) in [6.45, 7) is 4.79. The van der Waals surface area contributed by atoms with Crippen molar-refractivity contribution in [3.8, 4) is 5.69 Å². The number of carbonyl (C=O) groups is 1. The van der Waals surface area contributed by atoms with Crippen LogP contribution < -0.4 is 10.9 Å². The van der Waals surface area contributed by atoms with Crippen molar-refractivity contribution < 1.29 is 4.79 Å². The summed E-state index contributed by atoms with van der Waals surface area (Å²) in [5.41, 5.74) is 3.53. The second kappa shape index (κ2) is 7.59. The van der Waals surface area contributed by atoms with E-state index in [1.165, 1.54) is 17.3 Å². The summed E-state index contributed by atoms with van der Waals surface area (Å²) in [5, 5.41) is 9.05. The normalized spacial score (nSPS) is 17.9. The van der Waals surface area contributed by atoms with Gasteiger partial charge >= 0.3 is 0 Å². The van der Waals surface area contributed by atoms with Gasteiger partial charge in [0.05, 0.1) is 24.5 Å². The molecule has 1 N–H and O–H groups in total. The van der Waals surface area contributed by atoms with E-state index in [4.69, 9.17) is 4.98 Å². The summed E-state index contributed by atoms with van der Waals surface area (Å²) in [4.78, 5) is 34.7. The molecule has 5 rings (SSSR count). The third-order valence-electron chi connectivity index (χ3n) is 5.20. The highest BCUT2D eigenvalue weighted by Gasteiger charge is 2.30. The molecule has 0 spiro atoms. The minimum Gasteiger partial charge on any atom is -0.305 e. The van der Waals surface area contributed by atoms with E-state index in [2.05, 4.69) is 21.5 Å². The largest absolute Gasteiger partial charge is 0.305 e. The summed E-state index contributed by atoms with van der Waals surface area (Å²) in [5.74, 6) is 1.40. The fourth-order valence-electron chi connectivity index (χ4n) is 3.80. The zero-order chi connectivity index (χ0) is 20.8. The predicted molar refractivity (Wildman–Crippen MR) is 120 cm³/mol. The number of rotatable bonds is 3. The van der Waals surface area contributed by atoms with E-state index in [1.807, 2.05) is 26.0 Å². The van der Waals surface area contributed by atoms with E-state index in [-0.39, 0.29) is 23.9 Å². The molecule has 8 nitrogen and oxygen atoms in total. The average Bonchev–Trinajstić information content (AvgIpc) is 3.43. The second-order valence-electron chi connectivity index (χ2n) is 7.41. The molecule has 1 amide bonds. The predicted octanol–water partition coefficient (Wildman–Crippen LogP) is 2.45. The lowest BCUT2D eigenvalue weighted by atomic mass is 10.1. The highest BCUT2D eigenvalue weighted by Crippen LogP contribution is 2.33. The van der Waals surface area contributed by atoms with E-state index in [0.717, 1.165) is 23.5 Å². The molecule has 154 valence electrons. The van der Waals surface area contributed by atoms with Crippen LogP contribution in [0.15, 0.2) is 39.3 Å². The smallest absolute Gasteiger partial charge is 0.265 e. The molecule has 0 bridgehead atoms. The first kappa shape index (κ1) is 19.4. The maximum absolute atomic E-state index is 13.2. The highest BCUT2D eigenvalue weighted by atomic mass is 32.2. The van der Waals surface area contributed by atoms with E-state index in [0.29, 0.717) is 27.1 Å². The van der Waals surface area contributed by atoms with Gasteiger partial charge in [0.25, 0.3) is 5.56 Å². The van der Waals surface area contributed by atoms with Crippen molar-refractivity contribution in [3.05, 3.63) is 45.9 Å². The van der Waals surface area contributed by atoms with Crippen LogP contribution in [-0.4, -0.2) is 48.5 Å². The van der Waals surface area contributed by atoms with Gasteiger partial charge in [-0.2, -0.15) is 5.10 Å². The molecule has 10 heteroatoms. The molecule has 0 radical (unpaired) electrons. The molecule has 1 aromatic carbocycles. The molecule has 0 saturated carbocycles. The number of thioether (sulfide) groups is 2. The minimum absolute atomic E-state index is 0.125. The van der Waals surface area contributed by atoms with Gasteiger partial charge in [0.15, 0.2) is 16.0 Å². The number of hydrogen-bond acceptors (Lipinski definition) is 7. The van der Waals surface area contributed by atoms with Gasteiger partial charge in [0.2, 0.25) is 5.91 Å². The van der Waals surface area contributed by atoms with Crippen LogP contribution in [0.4, 0.5) is 0 Å². The number of aryl methyl sites for hydroxylation is 2. The number of nitrogens with one attached hydrogen (secondary N) is 1. The lowest BCUT2D eigenvalue weighted by Gasteiger charge is -2.13. The summed E-state index contributed by atoms with van der Waals surface area (Å²) in [6.07, 6.45) is 1.79. The summed E-state index contributed by atoms with van der Waals surface area (Å²) in [6, 6.07) is 5.87. The highest BCUT2D eigenvalue weighted by molar-refractivity contribution is 8.14. The first-order valence-electron chi connectivity index (χ1n) is 9.69. The van der Waals surface area contributed by atoms with Crippen molar-refractivity contribution in [2.45, 2.75) is 31.5 Å². The van der Waals surface area contributed by atoms with Crippen LogP contribution in [0.1, 0.15) is 23.6 Å². The maximum Gasteiger partial charge on any atom is 0.265 e. The van der Waals surface area contributed by atoms with Gasteiger partial charge in [-0.1, -0.05) is 41.2 Å². The van der Waals surface area contributed by atoms with Gasteiger partial charge in [0.1, 0.15) is 5.39 Å². The molecule has 2 aromatic heterocycles. The number of aromatic nitrogens is 4. The van der Waals surface area contributed by atoms with Crippen molar-refractivity contribution in [2.75, 3.05) is 18.1 Å². The number of nitrogens with zero attached hydrogens (tertiary/aromatic N) is 5. The Bertz CT molecular complexity index is 1260. The standard InChI is InChI=1S/C20H20N6O2S2/c1-11-3-4-15(12(2)7-11)26-17-14(9-22-26)18(28)25-13(10-30-20(25)24-17)8-16(27)23-19-21-5-6-29-19/h3-4,7,9,13H,5-6,8,10H2,1-2H3,(H,21,23,27). The van der Waals surface area contributed by atoms with Gasteiger partial charge in [-0.25, -0.2) is 9.67 Å². The molecule has 0 fully saturated rings. The molecule has 4 heterocycles. The van der Waals surface area contributed by atoms with Gasteiger partial charge in [-0.05, 0) is 25.5 Å². The zero-order valence-electron chi connectivity index (χ0n) is 16.6. The zero-order valence-corrected chi connectivity index (χ0v) is 18.2. The van der Waals surface area contributed by atoms with E-state index in [9.17, 15) is 9.59 Å². The van der Waals surface area contributed by atoms with Gasteiger partial charge in [-0.3, -0.25) is 19.1 Å². The SMILES string of the molecule is Cc1ccc(-n2ncc3c(=O)n4c(nc32)SCC4CC(=O)NC2=NCCS2)c(C)c1. The molecule has 0 aliphatic carbocycles. The minimum atomic E-state index is -0.231. The molecular formula is C20H20N6O2S2. The number of amides is 1. The Morgan fingerprint density at radius 2 is 2.17 bits per heavy atom. The van der Waals surface area contributed by atoms with E-state index < -0.39 is 0 Å². The fraction of sp³-hybridized carbons (Fsp3) is 0.350. The molecule has 1 atom stereocenters. The van der Waals surface area contributed by atoms with Crippen LogP contribution in [0.2, 0.25) is 0 Å². The number of benzene rings is 1. The van der Waals surface area contributed by atoms with Crippen molar-refractivity contribution in [3.63, 3.8) is 0 Å². The number of aliphatic imine (C=N–C) groups is 1. The quantitative estimate of drug-likeness (QED) is 0.629. The van der Waals surface area contributed by atoms with Crippen LogP contribution in [0.5, 0.6) is 0 Å². The molecule has 2 aliphatic rings. The monoisotopic (exact) mass is 440 g/mol. The van der Waals surface area contributed by atoms with Crippen LogP contribution >= 0.6 is 23.5 Å². The third kappa shape index (κ3) is 3.33.